The van der Waals surface area contributed by atoms with Crippen LogP contribution in [0, 0.1) is 6.92 Å². The van der Waals surface area contributed by atoms with Gasteiger partial charge in [-0.05, 0) is 37.5 Å². The molecule has 4 heteroatoms. The van der Waals surface area contributed by atoms with E-state index in [1.165, 1.54) is 0 Å². The van der Waals surface area contributed by atoms with Crippen LogP contribution in [0.15, 0.2) is 46.9 Å². The lowest BCUT2D eigenvalue weighted by Crippen LogP contribution is -2.39. The van der Waals surface area contributed by atoms with Crippen LogP contribution >= 0.6 is 0 Å². The highest BCUT2D eigenvalue weighted by Gasteiger charge is 2.35. The molecular formula is C17H20N2O2. The van der Waals surface area contributed by atoms with Gasteiger partial charge >= 0.3 is 0 Å². The van der Waals surface area contributed by atoms with Crippen molar-refractivity contribution < 1.29 is 9.21 Å². The molecule has 1 atom stereocenters. The van der Waals surface area contributed by atoms with E-state index in [2.05, 4.69) is 0 Å². The molecule has 1 saturated carbocycles. The fraction of sp³-hybridized carbons (Fsp3) is 0.353. The van der Waals surface area contributed by atoms with Crippen LogP contribution in [0.2, 0.25) is 0 Å². The number of furan rings is 1. The molecule has 2 aromatic rings. The largest absolute Gasteiger partial charge is 0.464 e. The normalized spacial score (nSPS) is 15.7. The zero-order chi connectivity index (χ0) is 14.8. The molecule has 1 aliphatic rings. The van der Waals surface area contributed by atoms with Crippen molar-refractivity contribution in [2.75, 3.05) is 0 Å². The third kappa shape index (κ3) is 3.16. The Labute approximate surface area is 124 Å². The van der Waals surface area contributed by atoms with Gasteiger partial charge in [0.1, 0.15) is 17.6 Å². The molecule has 21 heavy (non-hydrogen) atoms. The minimum absolute atomic E-state index is 0.0299. The van der Waals surface area contributed by atoms with E-state index in [0.29, 0.717) is 12.6 Å². The molecule has 3 rings (SSSR count). The molecule has 1 aromatic heterocycles. The van der Waals surface area contributed by atoms with Crippen LogP contribution in [0.25, 0.3) is 0 Å². The smallest absolute Gasteiger partial charge is 0.244 e. The van der Waals surface area contributed by atoms with Crippen molar-refractivity contribution >= 4 is 5.91 Å². The molecule has 0 aliphatic heterocycles. The van der Waals surface area contributed by atoms with Gasteiger partial charge in [-0.25, -0.2) is 0 Å². The van der Waals surface area contributed by atoms with Gasteiger partial charge in [0.2, 0.25) is 5.91 Å². The average molecular weight is 284 g/mol. The lowest BCUT2D eigenvalue weighted by molar-refractivity contribution is -0.134. The van der Waals surface area contributed by atoms with Crippen LogP contribution in [0.1, 0.15) is 36.0 Å². The second-order valence-electron chi connectivity index (χ2n) is 5.60. The molecule has 1 fully saturated rings. The number of amides is 1. The Balaban J connectivity index is 1.76. The van der Waals surface area contributed by atoms with E-state index in [4.69, 9.17) is 10.2 Å². The number of aryl methyl sites for hydroxylation is 1. The molecule has 0 bridgehead atoms. The Morgan fingerprint density at radius 2 is 2.00 bits per heavy atom. The monoisotopic (exact) mass is 284 g/mol. The number of rotatable bonds is 5. The summed E-state index contributed by atoms with van der Waals surface area (Å²) >= 11 is 0. The topological polar surface area (TPSA) is 59.5 Å². The van der Waals surface area contributed by atoms with E-state index in [-0.39, 0.29) is 5.91 Å². The van der Waals surface area contributed by atoms with Crippen molar-refractivity contribution in [2.45, 2.75) is 38.4 Å². The Hall–Kier alpha value is -2.07. The van der Waals surface area contributed by atoms with E-state index in [0.717, 1.165) is 29.9 Å². The maximum Gasteiger partial charge on any atom is 0.244 e. The molecule has 4 nitrogen and oxygen atoms in total. The highest BCUT2D eigenvalue weighted by atomic mass is 16.3. The number of carbonyl (C=O) groups excluding carboxylic acids is 1. The number of nitrogens with two attached hydrogens (primary N) is 1. The van der Waals surface area contributed by atoms with Gasteiger partial charge in [-0.2, -0.15) is 0 Å². The molecule has 110 valence electrons. The summed E-state index contributed by atoms with van der Waals surface area (Å²) in [4.78, 5) is 14.6. The van der Waals surface area contributed by atoms with Gasteiger partial charge in [0, 0.05) is 6.04 Å². The zero-order valence-corrected chi connectivity index (χ0v) is 12.2. The van der Waals surface area contributed by atoms with Crippen molar-refractivity contribution in [2.24, 2.45) is 5.73 Å². The van der Waals surface area contributed by atoms with Crippen LogP contribution in [0.3, 0.4) is 0 Å². The number of hydrogen-bond donors (Lipinski definition) is 1. The van der Waals surface area contributed by atoms with Crippen molar-refractivity contribution in [1.29, 1.82) is 0 Å². The fourth-order valence-electron chi connectivity index (χ4n) is 2.49. The first-order valence-corrected chi connectivity index (χ1v) is 7.31. The number of nitrogens with zero attached hydrogens (tertiary/aromatic N) is 1. The molecule has 0 saturated heterocycles. The van der Waals surface area contributed by atoms with Crippen molar-refractivity contribution in [1.82, 2.24) is 4.90 Å². The second-order valence-corrected chi connectivity index (χ2v) is 5.60. The molecule has 1 aliphatic carbocycles. The van der Waals surface area contributed by atoms with Gasteiger partial charge in [-0.15, -0.1) is 0 Å². The van der Waals surface area contributed by atoms with Crippen molar-refractivity contribution in [3.63, 3.8) is 0 Å². The van der Waals surface area contributed by atoms with Crippen LogP contribution in [0.5, 0.6) is 0 Å². The molecule has 1 heterocycles. The summed E-state index contributed by atoms with van der Waals surface area (Å²) in [6, 6.07) is 13.1. The minimum atomic E-state index is -0.608. The van der Waals surface area contributed by atoms with E-state index < -0.39 is 6.04 Å². The van der Waals surface area contributed by atoms with Gasteiger partial charge in [-0.3, -0.25) is 4.79 Å². The highest BCUT2D eigenvalue weighted by molar-refractivity contribution is 5.83. The Morgan fingerprint density at radius 1 is 1.29 bits per heavy atom. The van der Waals surface area contributed by atoms with Gasteiger partial charge < -0.3 is 15.1 Å². The fourth-order valence-corrected chi connectivity index (χ4v) is 2.49. The van der Waals surface area contributed by atoms with E-state index >= 15 is 0 Å². The number of carbonyl (C=O) groups is 1. The third-order valence-corrected chi connectivity index (χ3v) is 3.82. The standard InChI is InChI=1S/C17H20N2O2/c1-12-7-10-15(21-12)11-19(14-8-9-14)17(20)16(18)13-5-3-2-4-6-13/h2-7,10,14,16H,8-9,11,18H2,1H3/t16-/m0/s1. The summed E-state index contributed by atoms with van der Waals surface area (Å²) < 4.78 is 5.59. The average Bonchev–Trinajstić information content (AvgIpc) is 3.27. The highest BCUT2D eigenvalue weighted by Crippen LogP contribution is 2.30. The van der Waals surface area contributed by atoms with Crippen molar-refractivity contribution in [3.05, 3.63) is 59.5 Å². The maximum absolute atomic E-state index is 12.7. The Morgan fingerprint density at radius 3 is 2.57 bits per heavy atom. The minimum Gasteiger partial charge on any atom is -0.464 e. The third-order valence-electron chi connectivity index (χ3n) is 3.82. The Bertz CT molecular complexity index is 617. The molecule has 1 amide bonds. The summed E-state index contributed by atoms with van der Waals surface area (Å²) in [6.45, 7) is 2.40. The van der Waals surface area contributed by atoms with Crippen LogP contribution in [-0.2, 0) is 11.3 Å². The van der Waals surface area contributed by atoms with Gasteiger partial charge in [0.05, 0.1) is 6.54 Å². The summed E-state index contributed by atoms with van der Waals surface area (Å²) in [6.07, 6.45) is 2.10. The summed E-state index contributed by atoms with van der Waals surface area (Å²) in [5, 5.41) is 0. The molecule has 0 radical (unpaired) electrons. The predicted octanol–water partition coefficient (Wildman–Crippen LogP) is 2.78. The van der Waals surface area contributed by atoms with Crippen LogP contribution in [-0.4, -0.2) is 16.8 Å². The number of benzene rings is 1. The first-order valence-electron chi connectivity index (χ1n) is 7.31. The Kier molecular flexibility index (Phi) is 3.80. The molecule has 1 aromatic carbocycles. The van der Waals surface area contributed by atoms with Crippen molar-refractivity contribution in [3.8, 4) is 0 Å². The van der Waals surface area contributed by atoms with Crippen LogP contribution in [0.4, 0.5) is 0 Å². The lowest BCUT2D eigenvalue weighted by Gasteiger charge is -2.25. The molecule has 2 N–H and O–H groups in total. The van der Waals surface area contributed by atoms with Gasteiger partial charge in [0.25, 0.3) is 0 Å². The van der Waals surface area contributed by atoms with E-state index in [1.807, 2.05) is 54.3 Å². The second kappa shape index (κ2) is 5.74. The SMILES string of the molecule is Cc1ccc(CN(C(=O)[C@@H](N)c2ccccc2)C2CC2)o1. The van der Waals surface area contributed by atoms with Crippen LogP contribution < -0.4 is 5.73 Å². The zero-order valence-electron chi connectivity index (χ0n) is 12.2. The number of hydrogen-bond acceptors (Lipinski definition) is 3. The van der Waals surface area contributed by atoms with E-state index in [9.17, 15) is 4.79 Å². The lowest BCUT2D eigenvalue weighted by atomic mass is 10.1. The van der Waals surface area contributed by atoms with E-state index in [1.54, 1.807) is 0 Å². The first kappa shape index (κ1) is 13.9. The summed E-state index contributed by atoms with van der Waals surface area (Å²) in [5.74, 6) is 1.64. The maximum atomic E-state index is 12.7. The van der Waals surface area contributed by atoms with Gasteiger partial charge in [0.15, 0.2) is 0 Å². The quantitative estimate of drug-likeness (QED) is 0.918. The summed E-state index contributed by atoms with van der Waals surface area (Å²) in [5.41, 5.74) is 6.99. The molecular weight excluding hydrogens is 264 g/mol. The summed E-state index contributed by atoms with van der Waals surface area (Å²) in [7, 11) is 0. The molecule has 0 spiro atoms. The predicted molar refractivity (Wildman–Crippen MR) is 80.4 cm³/mol. The first-order chi connectivity index (χ1) is 10.1. The van der Waals surface area contributed by atoms with Gasteiger partial charge in [-0.1, -0.05) is 30.3 Å². The molecule has 0 unspecified atom stereocenters.